The predicted molar refractivity (Wildman–Crippen MR) is 86.5 cm³/mol. The number of aliphatic hydroxyl groups excluding tert-OH is 1. The zero-order chi connectivity index (χ0) is 16.5. The molecule has 1 saturated carbocycles. The Kier molecular flexibility index (Phi) is 4.34. The SMILES string of the molecule is COCC1(CO)CCN(C(=O)C2(c3ccccc3OC)CC2)C1. The third-order valence-electron chi connectivity index (χ3n) is 5.29. The first kappa shape index (κ1) is 16.3. The molecule has 1 amide bonds. The van der Waals surface area contributed by atoms with Crippen LogP contribution >= 0.6 is 0 Å². The first-order valence-electron chi connectivity index (χ1n) is 8.13. The van der Waals surface area contributed by atoms with Gasteiger partial charge in [0.05, 0.1) is 25.7 Å². The Morgan fingerprint density at radius 1 is 1.26 bits per heavy atom. The molecule has 1 aromatic carbocycles. The average Bonchev–Trinajstić information content (AvgIpc) is 3.29. The number of hydrogen-bond donors (Lipinski definition) is 1. The van der Waals surface area contributed by atoms with E-state index in [4.69, 9.17) is 9.47 Å². The quantitative estimate of drug-likeness (QED) is 0.865. The third kappa shape index (κ3) is 2.72. The summed E-state index contributed by atoms with van der Waals surface area (Å²) in [4.78, 5) is 15.1. The van der Waals surface area contributed by atoms with E-state index < -0.39 is 5.41 Å². The van der Waals surface area contributed by atoms with Crippen LogP contribution in [-0.2, 0) is 14.9 Å². The van der Waals surface area contributed by atoms with E-state index in [0.717, 1.165) is 30.6 Å². The molecule has 23 heavy (non-hydrogen) atoms. The molecule has 5 heteroatoms. The number of likely N-dealkylation sites (tertiary alicyclic amines) is 1. The van der Waals surface area contributed by atoms with Crippen molar-refractivity contribution >= 4 is 5.91 Å². The Bertz CT molecular complexity index is 584. The fourth-order valence-corrected chi connectivity index (χ4v) is 3.77. The van der Waals surface area contributed by atoms with Gasteiger partial charge >= 0.3 is 0 Å². The molecule has 0 spiro atoms. The first-order valence-corrected chi connectivity index (χ1v) is 8.13. The molecule has 1 aliphatic carbocycles. The molecule has 2 fully saturated rings. The summed E-state index contributed by atoms with van der Waals surface area (Å²) in [5.74, 6) is 0.941. The molecule has 1 heterocycles. The Balaban J connectivity index is 1.81. The fourth-order valence-electron chi connectivity index (χ4n) is 3.77. The van der Waals surface area contributed by atoms with Crippen LogP contribution in [0.15, 0.2) is 24.3 Å². The number of rotatable bonds is 6. The predicted octanol–water partition coefficient (Wildman–Crippen LogP) is 1.58. The van der Waals surface area contributed by atoms with Crippen LogP contribution in [0.1, 0.15) is 24.8 Å². The molecule has 0 aromatic heterocycles. The van der Waals surface area contributed by atoms with Crippen LogP contribution in [0, 0.1) is 5.41 Å². The molecule has 1 saturated heterocycles. The van der Waals surface area contributed by atoms with E-state index in [9.17, 15) is 9.90 Å². The van der Waals surface area contributed by atoms with E-state index in [1.807, 2.05) is 29.2 Å². The number of aliphatic hydroxyl groups is 1. The minimum atomic E-state index is -0.439. The van der Waals surface area contributed by atoms with Gasteiger partial charge in [-0.2, -0.15) is 0 Å². The van der Waals surface area contributed by atoms with Gasteiger partial charge < -0.3 is 19.5 Å². The highest BCUT2D eigenvalue weighted by Crippen LogP contribution is 2.53. The number of benzene rings is 1. The number of nitrogens with zero attached hydrogens (tertiary/aromatic N) is 1. The maximum absolute atomic E-state index is 13.2. The Morgan fingerprint density at radius 2 is 2.00 bits per heavy atom. The van der Waals surface area contributed by atoms with Crippen LogP contribution in [0.25, 0.3) is 0 Å². The van der Waals surface area contributed by atoms with Crippen LogP contribution in [0.2, 0.25) is 0 Å². The lowest BCUT2D eigenvalue weighted by atomic mass is 9.89. The zero-order valence-electron chi connectivity index (χ0n) is 13.9. The Hall–Kier alpha value is -1.59. The third-order valence-corrected chi connectivity index (χ3v) is 5.29. The van der Waals surface area contributed by atoms with Gasteiger partial charge in [0.2, 0.25) is 5.91 Å². The summed E-state index contributed by atoms with van der Waals surface area (Å²) in [5.41, 5.74) is 0.229. The van der Waals surface area contributed by atoms with Crippen LogP contribution < -0.4 is 4.74 Å². The van der Waals surface area contributed by atoms with Gasteiger partial charge in [-0.1, -0.05) is 18.2 Å². The molecule has 3 rings (SSSR count). The zero-order valence-corrected chi connectivity index (χ0v) is 13.9. The monoisotopic (exact) mass is 319 g/mol. The molecule has 1 unspecified atom stereocenters. The summed E-state index contributed by atoms with van der Waals surface area (Å²) < 4.78 is 10.7. The number of carbonyl (C=O) groups excluding carboxylic acids is 1. The van der Waals surface area contributed by atoms with Gasteiger partial charge in [0.25, 0.3) is 0 Å². The second-order valence-electron chi connectivity index (χ2n) is 6.85. The van der Waals surface area contributed by atoms with E-state index >= 15 is 0 Å². The molecule has 5 nitrogen and oxygen atoms in total. The van der Waals surface area contributed by atoms with Crippen LogP contribution in [0.3, 0.4) is 0 Å². The molecule has 1 atom stereocenters. The highest BCUT2D eigenvalue weighted by atomic mass is 16.5. The van der Waals surface area contributed by atoms with Crippen molar-refractivity contribution in [3.63, 3.8) is 0 Å². The average molecular weight is 319 g/mol. The number of ether oxygens (including phenoxy) is 2. The number of para-hydroxylation sites is 1. The van der Waals surface area contributed by atoms with Crippen molar-refractivity contribution < 1.29 is 19.4 Å². The number of amides is 1. The normalized spacial score (nSPS) is 25.4. The van der Waals surface area contributed by atoms with Gasteiger partial charge in [-0.05, 0) is 25.3 Å². The fraction of sp³-hybridized carbons (Fsp3) is 0.611. The molecule has 0 bridgehead atoms. The van der Waals surface area contributed by atoms with Crippen molar-refractivity contribution in [1.82, 2.24) is 4.90 Å². The van der Waals surface area contributed by atoms with Gasteiger partial charge in [0, 0.05) is 31.2 Å². The summed E-state index contributed by atoms with van der Waals surface area (Å²) in [5, 5.41) is 9.73. The van der Waals surface area contributed by atoms with E-state index in [-0.39, 0.29) is 17.9 Å². The summed E-state index contributed by atoms with van der Waals surface area (Å²) in [7, 11) is 3.28. The van der Waals surface area contributed by atoms with Gasteiger partial charge in [-0.25, -0.2) is 0 Å². The minimum absolute atomic E-state index is 0.0479. The lowest BCUT2D eigenvalue weighted by molar-refractivity contribution is -0.133. The molecule has 0 radical (unpaired) electrons. The molecule has 1 aromatic rings. The molecule has 126 valence electrons. The summed E-state index contributed by atoms with van der Waals surface area (Å²) >= 11 is 0. The van der Waals surface area contributed by atoms with E-state index in [0.29, 0.717) is 19.7 Å². The Labute approximate surface area is 137 Å². The highest BCUT2D eigenvalue weighted by molar-refractivity contribution is 5.92. The lowest BCUT2D eigenvalue weighted by Crippen LogP contribution is -2.41. The van der Waals surface area contributed by atoms with Crippen molar-refractivity contribution in [3.05, 3.63) is 29.8 Å². The van der Waals surface area contributed by atoms with Crippen molar-refractivity contribution in [1.29, 1.82) is 0 Å². The highest BCUT2D eigenvalue weighted by Gasteiger charge is 2.56. The van der Waals surface area contributed by atoms with Crippen LogP contribution in [-0.4, -0.2) is 56.4 Å². The standard InChI is InChI=1S/C18H25NO4/c1-22-13-17(12-20)9-10-19(11-17)16(21)18(7-8-18)14-5-3-4-6-15(14)23-2/h3-6,20H,7-13H2,1-2H3. The maximum atomic E-state index is 13.2. The van der Waals surface area contributed by atoms with Crippen molar-refractivity contribution in [2.45, 2.75) is 24.7 Å². The van der Waals surface area contributed by atoms with E-state index in [1.165, 1.54) is 0 Å². The molecule has 2 aliphatic rings. The second-order valence-corrected chi connectivity index (χ2v) is 6.85. The summed E-state index contributed by atoms with van der Waals surface area (Å²) in [6, 6.07) is 7.79. The number of hydrogen-bond acceptors (Lipinski definition) is 4. The minimum Gasteiger partial charge on any atom is -0.496 e. The van der Waals surface area contributed by atoms with Crippen molar-refractivity contribution in [2.24, 2.45) is 5.41 Å². The number of carbonyl (C=O) groups is 1. The van der Waals surface area contributed by atoms with E-state index in [2.05, 4.69) is 0 Å². The molecule has 1 aliphatic heterocycles. The van der Waals surface area contributed by atoms with Gasteiger partial charge in [-0.3, -0.25) is 4.79 Å². The van der Waals surface area contributed by atoms with Gasteiger partial charge in [0.1, 0.15) is 5.75 Å². The maximum Gasteiger partial charge on any atom is 0.233 e. The molecule has 1 N–H and O–H groups in total. The van der Waals surface area contributed by atoms with Gasteiger partial charge in [-0.15, -0.1) is 0 Å². The largest absolute Gasteiger partial charge is 0.496 e. The van der Waals surface area contributed by atoms with Crippen molar-refractivity contribution in [3.8, 4) is 5.75 Å². The van der Waals surface area contributed by atoms with Crippen LogP contribution in [0.5, 0.6) is 5.75 Å². The smallest absolute Gasteiger partial charge is 0.233 e. The summed E-state index contributed by atoms with van der Waals surface area (Å²) in [6.45, 7) is 1.77. The van der Waals surface area contributed by atoms with Crippen LogP contribution in [0.4, 0.5) is 0 Å². The van der Waals surface area contributed by atoms with Crippen molar-refractivity contribution in [2.75, 3.05) is 40.5 Å². The van der Waals surface area contributed by atoms with Gasteiger partial charge in [0.15, 0.2) is 0 Å². The topological polar surface area (TPSA) is 59.0 Å². The van der Waals surface area contributed by atoms with E-state index in [1.54, 1.807) is 14.2 Å². The molecular formula is C18H25NO4. The first-order chi connectivity index (χ1) is 11.1. The Morgan fingerprint density at radius 3 is 2.61 bits per heavy atom. The second kappa shape index (κ2) is 6.13. The lowest BCUT2D eigenvalue weighted by Gasteiger charge is -2.28. The number of methoxy groups -OCH3 is 2. The molecular weight excluding hydrogens is 294 g/mol. The summed E-state index contributed by atoms with van der Waals surface area (Å²) in [6.07, 6.45) is 2.50.